The second-order valence-electron chi connectivity index (χ2n) is 12.9. The quantitative estimate of drug-likeness (QED) is 0.0244. The van der Waals surface area contributed by atoms with Gasteiger partial charge >= 0.3 is 19.8 Å². The van der Waals surface area contributed by atoms with Crippen molar-refractivity contribution in [2.45, 2.75) is 161 Å². The van der Waals surface area contributed by atoms with Crippen molar-refractivity contribution in [3.05, 3.63) is 60.8 Å². The number of aliphatic hydroxyl groups excluding tert-OH is 2. The summed E-state index contributed by atoms with van der Waals surface area (Å²) < 4.78 is 32.5. The maximum atomic E-state index is 12.5. The summed E-state index contributed by atoms with van der Waals surface area (Å²) in [6.07, 6.45) is 39.1. The first-order valence-corrected chi connectivity index (χ1v) is 21.2. The second-order valence-corrected chi connectivity index (χ2v) is 14.4. The molecule has 1 unspecified atom stereocenters. The van der Waals surface area contributed by atoms with Gasteiger partial charge < -0.3 is 24.6 Å². The highest BCUT2D eigenvalue weighted by Gasteiger charge is 2.27. The fourth-order valence-electron chi connectivity index (χ4n) is 4.90. The van der Waals surface area contributed by atoms with E-state index >= 15 is 0 Å². The molecule has 52 heavy (non-hydrogen) atoms. The van der Waals surface area contributed by atoms with E-state index < -0.39 is 51.8 Å². The van der Waals surface area contributed by atoms with Gasteiger partial charge in [-0.15, -0.1) is 0 Å². The molecular formula is C41H71O10P. The number of esters is 2. The summed E-state index contributed by atoms with van der Waals surface area (Å²) in [5.41, 5.74) is 0. The smallest absolute Gasteiger partial charge is 0.462 e. The molecule has 0 radical (unpaired) electrons. The standard InChI is InChI=1S/C41H71O10P/c1-3-5-7-9-11-13-15-16-17-18-19-20-21-22-23-25-26-28-30-32-40(44)48-36-39(37-50-52(46,47)49-35-38(43)34-42)51-41(45)33-31-29-27-24-14-12-10-8-6-4-2/h5,7,11,13,16-17,19-20,22-23,38-39,42-43H,3-4,6,8-10,12,14-15,18,21,24-37H2,1-2H3,(H,46,47)/b7-5+,13-11+,17-16+,20-19+,23-22+/t38-,39+/m1/s1. The summed E-state index contributed by atoms with van der Waals surface area (Å²) in [6, 6.07) is 0. The second kappa shape index (κ2) is 37.0. The van der Waals surface area contributed by atoms with Crippen LogP contribution in [-0.2, 0) is 32.7 Å². The molecule has 10 nitrogen and oxygen atoms in total. The summed E-state index contributed by atoms with van der Waals surface area (Å²) in [6.45, 7) is 2.19. The number of ether oxygens (including phenoxy) is 2. The van der Waals surface area contributed by atoms with E-state index in [2.05, 4.69) is 79.1 Å². The molecule has 0 aliphatic rings. The average Bonchev–Trinajstić information content (AvgIpc) is 3.13. The van der Waals surface area contributed by atoms with Crippen molar-refractivity contribution < 1.29 is 47.8 Å². The monoisotopic (exact) mass is 754 g/mol. The number of unbranched alkanes of at least 4 members (excludes halogenated alkanes) is 12. The Bertz CT molecular complexity index is 1050. The van der Waals surface area contributed by atoms with Gasteiger partial charge in [0, 0.05) is 12.8 Å². The van der Waals surface area contributed by atoms with Crippen LogP contribution in [0.15, 0.2) is 60.8 Å². The lowest BCUT2D eigenvalue weighted by molar-refractivity contribution is -0.161. The molecule has 11 heteroatoms. The molecule has 0 aliphatic heterocycles. The largest absolute Gasteiger partial charge is 0.472 e. The van der Waals surface area contributed by atoms with Crippen LogP contribution in [0.25, 0.3) is 0 Å². The molecule has 3 atom stereocenters. The van der Waals surface area contributed by atoms with Crippen LogP contribution < -0.4 is 0 Å². The molecule has 0 amide bonds. The number of hydrogen-bond donors (Lipinski definition) is 3. The third kappa shape index (κ3) is 36.0. The van der Waals surface area contributed by atoms with Crippen LogP contribution >= 0.6 is 7.82 Å². The van der Waals surface area contributed by atoms with E-state index in [-0.39, 0.29) is 19.4 Å². The van der Waals surface area contributed by atoms with Gasteiger partial charge in [-0.2, -0.15) is 0 Å². The molecule has 0 spiro atoms. The van der Waals surface area contributed by atoms with Crippen LogP contribution in [-0.4, -0.2) is 65.7 Å². The van der Waals surface area contributed by atoms with Gasteiger partial charge in [0.1, 0.15) is 12.7 Å². The fraction of sp³-hybridized carbons (Fsp3) is 0.707. The van der Waals surface area contributed by atoms with E-state index in [1.807, 2.05) is 0 Å². The Morgan fingerprint density at radius 1 is 0.596 bits per heavy atom. The highest BCUT2D eigenvalue weighted by atomic mass is 31.2. The molecule has 0 aromatic heterocycles. The molecule has 0 rings (SSSR count). The number of phosphoric acid groups is 1. The predicted octanol–water partition coefficient (Wildman–Crippen LogP) is 9.94. The van der Waals surface area contributed by atoms with Crippen LogP contribution in [0.1, 0.15) is 149 Å². The van der Waals surface area contributed by atoms with E-state index in [9.17, 15) is 24.2 Å². The van der Waals surface area contributed by atoms with Crippen molar-refractivity contribution in [1.29, 1.82) is 0 Å². The summed E-state index contributed by atoms with van der Waals surface area (Å²) in [5.74, 6) is -0.969. The summed E-state index contributed by atoms with van der Waals surface area (Å²) in [7, 11) is -4.62. The Hall–Kier alpha value is -2.33. The van der Waals surface area contributed by atoms with Crippen LogP contribution in [0.2, 0.25) is 0 Å². The van der Waals surface area contributed by atoms with Crippen LogP contribution in [0.3, 0.4) is 0 Å². The lowest BCUT2D eigenvalue weighted by Gasteiger charge is -2.20. The zero-order chi connectivity index (χ0) is 38.4. The molecule has 0 aromatic rings. The third-order valence-electron chi connectivity index (χ3n) is 7.94. The summed E-state index contributed by atoms with van der Waals surface area (Å²) in [4.78, 5) is 34.8. The van der Waals surface area contributed by atoms with Gasteiger partial charge in [-0.3, -0.25) is 18.6 Å². The van der Waals surface area contributed by atoms with Gasteiger partial charge in [0.25, 0.3) is 0 Å². The van der Waals surface area contributed by atoms with Gasteiger partial charge in [0.05, 0.1) is 19.8 Å². The lowest BCUT2D eigenvalue weighted by Crippen LogP contribution is -2.29. The molecule has 3 N–H and O–H groups in total. The minimum atomic E-state index is -4.62. The minimum absolute atomic E-state index is 0.175. The van der Waals surface area contributed by atoms with Crippen molar-refractivity contribution >= 4 is 19.8 Å². The van der Waals surface area contributed by atoms with Crippen molar-refractivity contribution in [1.82, 2.24) is 0 Å². The zero-order valence-electron chi connectivity index (χ0n) is 32.3. The molecule has 300 valence electrons. The first-order valence-electron chi connectivity index (χ1n) is 19.7. The van der Waals surface area contributed by atoms with Gasteiger partial charge in [0.15, 0.2) is 6.10 Å². The topological polar surface area (TPSA) is 149 Å². The number of allylic oxidation sites excluding steroid dienone is 10. The SMILES string of the molecule is CC/C=C/C/C=C/C/C=C/C/C=C/C/C=C/CCCCCC(=O)OC[C@@H](COP(=O)(O)OC[C@H](O)CO)OC(=O)CCCCCCCCCCCC. The summed E-state index contributed by atoms with van der Waals surface area (Å²) >= 11 is 0. The van der Waals surface area contributed by atoms with Crippen LogP contribution in [0.4, 0.5) is 0 Å². The number of phosphoric ester groups is 1. The number of hydrogen-bond acceptors (Lipinski definition) is 9. The molecule has 0 saturated carbocycles. The van der Waals surface area contributed by atoms with Crippen molar-refractivity contribution in [2.75, 3.05) is 26.4 Å². The van der Waals surface area contributed by atoms with Gasteiger partial charge in [0.2, 0.25) is 0 Å². The van der Waals surface area contributed by atoms with E-state index in [0.29, 0.717) is 12.8 Å². The van der Waals surface area contributed by atoms with Crippen LogP contribution in [0.5, 0.6) is 0 Å². The van der Waals surface area contributed by atoms with Gasteiger partial charge in [-0.1, -0.05) is 139 Å². The Balaban J connectivity index is 4.38. The molecule has 0 aliphatic carbocycles. The molecule has 0 bridgehead atoms. The maximum Gasteiger partial charge on any atom is 0.472 e. The fourth-order valence-corrected chi connectivity index (χ4v) is 5.69. The average molecular weight is 755 g/mol. The van der Waals surface area contributed by atoms with Crippen molar-refractivity contribution in [3.63, 3.8) is 0 Å². The van der Waals surface area contributed by atoms with Gasteiger partial charge in [-0.05, 0) is 57.8 Å². The number of carbonyl (C=O) groups excluding carboxylic acids is 2. The van der Waals surface area contributed by atoms with E-state index in [0.717, 1.165) is 70.6 Å². The lowest BCUT2D eigenvalue weighted by atomic mass is 10.1. The van der Waals surface area contributed by atoms with Crippen molar-refractivity contribution in [3.8, 4) is 0 Å². The number of rotatable bonds is 36. The van der Waals surface area contributed by atoms with E-state index in [1.54, 1.807) is 0 Å². The zero-order valence-corrected chi connectivity index (χ0v) is 33.1. The highest BCUT2D eigenvalue weighted by molar-refractivity contribution is 7.47. The maximum absolute atomic E-state index is 12.5. The first kappa shape index (κ1) is 49.7. The Labute approximate surface area is 315 Å². The predicted molar refractivity (Wildman–Crippen MR) is 210 cm³/mol. The first-order chi connectivity index (χ1) is 25.2. The Kier molecular flexibility index (Phi) is 35.3. The Morgan fingerprint density at radius 2 is 1.06 bits per heavy atom. The summed E-state index contributed by atoms with van der Waals surface area (Å²) in [5, 5.41) is 18.3. The van der Waals surface area contributed by atoms with E-state index in [4.69, 9.17) is 19.1 Å². The van der Waals surface area contributed by atoms with Gasteiger partial charge in [-0.25, -0.2) is 4.57 Å². The minimum Gasteiger partial charge on any atom is -0.462 e. The highest BCUT2D eigenvalue weighted by Crippen LogP contribution is 2.43. The number of aliphatic hydroxyl groups is 2. The number of carbonyl (C=O) groups is 2. The molecule has 0 fully saturated rings. The van der Waals surface area contributed by atoms with E-state index in [1.165, 1.54) is 38.5 Å². The Morgan fingerprint density at radius 3 is 1.60 bits per heavy atom. The normalized spacial score (nSPS) is 14.6. The third-order valence-corrected chi connectivity index (χ3v) is 8.89. The molecule has 0 saturated heterocycles. The van der Waals surface area contributed by atoms with Crippen LogP contribution in [0, 0.1) is 0 Å². The van der Waals surface area contributed by atoms with Crippen molar-refractivity contribution in [2.24, 2.45) is 0 Å². The molecule has 0 heterocycles. The molecule has 0 aromatic carbocycles. The molecular weight excluding hydrogens is 683 g/mol.